The topological polar surface area (TPSA) is 65.2 Å². The monoisotopic (exact) mass is 541 g/mol. The Labute approximate surface area is 220 Å². The summed E-state index contributed by atoms with van der Waals surface area (Å²) in [6, 6.07) is 13.6. The Morgan fingerprint density at radius 1 is 1.08 bits per heavy atom. The first-order chi connectivity index (χ1) is 18.1. The third-order valence-electron chi connectivity index (χ3n) is 6.50. The highest BCUT2D eigenvalue weighted by Gasteiger charge is 2.32. The van der Waals surface area contributed by atoms with Gasteiger partial charge in [-0.25, -0.2) is 4.39 Å². The third-order valence-corrected chi connectivity index (χ3v) is 7.68. The number of aryl methyl sites for hydroxylation is 1. The zero-order chi connectivity index (χ0) is 27.0. The van der Waals surface area contributed by atoms with Crippen LogP contribution in [0.15, 0.2) is 48.7 Å². The van der Waals surface area contributed by atoms with Gasteiger partial charge in [0.25, 0.3) is 5.91 Å². The number of nitriles is 1. The molecule has 2 aromatic carbocycles. The van der Waals surface area contributed by atoms with Crippen LogP contribution in [0, 0.1) is 17.1 Å². The summed E-state index contributed by atoms with van der Waals surface area (Å²) in [5.41, 5.74) is 2.71. The molecule has 0 bridgehead atoms. The number of rotatable bonds is 4. The van der Waals surface area contributed by atoms with E-state index in [2.05, 4.69) is 5.10 Å². The van der Waals surface area contributed by atoms with Crippen molar-refractivity contribution in [3.05, 3.63) is 64.9 Å². The fraction of sp³-hybridized carbons (Fsp3) is 0.296. The molecule has 1 aliphatic heterocycles. The molecule has 0 N–H and O–H groups in total. The number of hydrogen-bond acceptors (Lipinski definition) is 5. The maximum absolute atomic E-state index is 14.5. The van der Waals surface area contributed by atoms with Crippen molar-refractivity contribution in [3.8, 4) is 27.6 Å². The van der Waals surface area contributed by atoms with Gasteiger partial charge >= 0.3 is 6.18 Å². The molecule has 0 radical (unpaired) electrons. The number of carbonyl (C=O) groups excluding carboxylic acids is 1. The van der Waals surface area contributed by atoms with Crippen molar-refractivity contribution < 1.29 is 22.4 Å². The first-order valence-electron chi connectivity index (χ1n) is 12.0. The fourth-order valence-electron chi connectivity index (χ4n) is 4.73. The highest BCUT2D eigenvalue weighted by Crippen LogP contribution is 2.41. The maximum Gasteiger partial charge on any atom is 0.401 e. The van der Waals surface area contributed by atoms with Crippen LogP contribution in [0.4, 0.5) is 17.6 Å². The van der Waals surface area contributed by atoms with Gasteiger partial charge < -0.3 is 4.90 Å². The van der Waals surface area contributed by atoms with E-state index >= 15 is 0 Å². The number of nitrogens with zero attached hydrogens (tertiary/aromatic N) is 5. The Bertz CT molecular complexity index is 1550. The van der Waals surface area contributed by atoms with E-state index in [1.807, 2.05) is 37.5 Å². The van der Waals surface area contributed by atoms with Crippen molar-refractivity contribution >= 4 is 28.1 Å². The van der Waals surface area contributed by atoms with Crippen LogP contribution in [0.1, 0.15) is 21.7 Å². The Hall–Kier alpha value is -3.75. The van der Waals surface area contributed by atoms with Crippen LogP contribution >= 0.6 is 11.3 Å². The van der Waals surface area contributed by atoms with Gasteiger partial charge in [0.15, 0.2) is 0 Å². The molecule has 4 aromatic rings. The predicted octanol–water partition coefficient (Wildman–Crippen LogP) is 5.69. The molecule has 196 valence electrons. The molecule has 0 unspecified atom stereocenters. The van der Waals surface area contributed by atoms with Gasteiger partial charge in [-0.15, -0.1) is 11.3 Å². The normalized spacial score (nSPS) is 15.0. The minimum absolute atomic E-state index is 0.0772. The Kier molecular flexibility index (Phi) is 6.94. The summed E-state index contributed by atoms with van der Waals surface area (Å²) in [5, 5.41) is 14.4. The molecule has 0 spiro atoms. The van der Waals surface area contributed by atoms with Crippen molar-refractivity contribution in [3.63, 3.8) is 0 Å². The lowest BCUT2D eigenvalue weighted by atomic mass is 10.00. The molecule has 1 fully saturated rings. The molecule has 6 nitrogen and oxygen atoms in total. The van der Waals surface area contributed by atoms with Gasteiger partial charge in [0.05, 0.1) is 22.5 Å². The highest BCUT2D eigenvalue weighted by molar-refractivity contribution is 7.18. The number of halogens is 4. The maximum atomic E-state index is 14.5. The standard InChI is InChI=1S/C27H23F4N5OS/c1-34-15-20-11-18(5-6-23(20)33-34)25-21(17-3-4-19(14-32)22(28)12-17)13-24(38-25)26(37)36-8-2-7-35(9-10-36)16-27(29,30)31/h3-6,11-13,15H,2,7-10,16H2,1H3. The lowest BCUT2D eigenvalue weighted by molar-refractivity contribution is -0.145. The summed E-state index contributed by atoms with van der Waals surface area (Å²) in [7, 11) is 1.82. The molecule has 3 heterocycles. The first kappa shape index (κ1) is 25.9. The lowest BCUT2D eigenvalue weighted by Gasteiger charge is -2.22. The largest absolute Gasteiger partial charge is 0.401 e. The number of alkyl halides is 3. The van der Waals surface area contributed by atoms with Crippen molar-refractivity contribution in [2.45, 2.75) is 12.6 Å². The molecule has 5 rings (SSSR count). The van der Waals surface area contributed by atoms with E-state index in [4.69, 9.17) is 5.26 Å². The van der Waals surface area contributed by atoms with Crippen LogP contribution in [0.5, 0.6) is 0 Å². The van der Waals surface area contributed by atoms with Crippen LogP contribution in [0.3, 0.4) is 0 Å². The Morgan fingerprint density at radius 3 is 2.61 bits per heavy atom. The Morgan fingerprint density at radius 2 is 1.87 bits per heavy atom. The fourth-order valence-corrected chi connectivity index (χ4v) is 5.88. The second-order valence-corrected chi connectivity index (χ2v) is 10.3. The average molecular weight is 542 g/mol. The van der Waals surface area contributed by atoms with E-state index < -0.39 is 18.5 Å². The number of thiophene rings is 1. The molecule has 38 heavy (non-hydrogen) atoms. The quantitative estimate of drug-likeness (QED) is 0.312. The zero-order valence-electron chi connectivity index (χ0n) is 20.4. The molecule has 0 aliphatic carbocycles. The number of carbonyl (C=O) groups is 1. The molecular formula is C27H23F4N5OS. The van der Waals surface area contributed by atoms with Gasteiger partial charge in [0, 0.05) is 55.3 Å². The molecule has 2 aromatic heterocycles. The zero-order valence-corrected chi connectivity index (χ0v) is 21.2. The minimum Gasteiger partial charge on any atom is -0.337 e. The summed E-state index contributed by atoms with van der Waals surface area (Å²) >= 11 is 1.26. The van der Waals surface area contributed by atoms with Crippen molar-refractivity contribution in [1.29, 1.82) is 5.26 Å². The van der Waals surface area contributed by atoms with Crippen LogP contribution in [0.2, 0.25) is 0 Å². The average Bonchev–Trinajstić information content (AvgIpc) is 3.39. The van der Waals surface area contributed by atoms with Crippen LogP contribution in [-0.2, 0) is 7.05 Å². The van der Waals surface area contributed by atoms with Gasteiger partial charge in [-0.05, 0) is 47.9 Å². The molecule has 0 atom stereocenters. The van der Waals surface area contributed by atoms with Crippen LogP contribution in [-0.4, -0.2) is 64.4 Å². The SMILES string of the molecule is Cn1cc2cc(-c3sc(C(=O)N4CCCN(CC(F)(F)F)CC4)cc3-c3ccc(C#N)c(F)c3)ccc2n1. The van der Waals surface area contributed by atoms with Gasteiger partial charge in [-0.3, -0.25) is 14.4 Å². The third kappa shape index (κ3) is 5.42. The summed E-state index contributed by atoms with van der Waals surface area (Å²) in [6.45, 7) is -0.0638. The second kappa shape index (κ2) is 10.2. The predicted molar refractivity (Wildman–Crippen MR) is 137 cm³/mol. The summed E-state index contributed by atoms with van der Waals surface area (Å²) in [5.74, 6) is -0.928. The van der Waals surface area contributed by atoms with Gasteiger partial charge in [-0.2, -0.15) is 23.5 Å². The first-order valence-corrected chi connectivity index (χ1v) is 12.8. The lowest BCUT2D eigenvalue weighted by Crippen LogP contribution is -2.38. The van der Waals surface area contributed by atoms with Crippen LogP contribution < -0.4 is 0 Å². The van der Waals surface area contributed by atoms with Gasteiger partial charge in [0.1, 0.15) is 11.9 Å². The summed E-state index contributed by atoms with van der Waals surface area (Å²) in [4.78, 5) is 17.6. The number of amides is 1. The molecular weight excluding hydrogens is 518 g/mol. The Balaban J connectivity index is 1.51. The number of hydrogen-bond donors (Lipinski definition) is 0. The smallest absolute Gasteiger partial charge is 0.337 e. The van der Waals surface area contributed by atoms with Crippen molar-refractivity contribution in [2.75, 3.05) is 32.7 Å². The van der Waals surface area contributed by atoms with Crippen molar-refractivity contribution in [2.24, 2.45) is 7.05 Å². The van der Waals surface area contributed by atoms with E-state index in [1.165, 1.54) is 28.4 Å². The number of benzene rings is 2. The van der Waals surface area contributed by atoms with Gasteiger partial charge in [-0.1, -0.05) is 12.1 Å². The second-order valence-electron chi connectivity index (χ2n) is 9.27. The molecule has 1 saturated heterocycles. The molecule has 0 saturated carbocycles. The molecule has 11 heteroatoms. The van der Waals surface area contributed by atoms with Gasteiger partial charge in [0.2, 0.25) is 0 Å². The highest BCUT2D eigenvalue weighted by atomic mass is 32.1. The summed E-state index contributed by atoms with van der Waals surface area (Å²) in [6.07, 6.45) is -1.97. The van der Waals surface area contributed by atoms with Crippen LogP contribution in [0.25, 0.3) is 32.5 Å². The minimum atomic E-state index is -4.29. The van der Waals surface area contributed by atoms with E-state index in [0.29, 0.717) is 29.0 Å². The van der Waals surface area contributed by atoms with E-state index in [0.717, 1.165) is 21.3 Å². The van der Waals surface area contributed by atoms with E-state index in [-0.39, 0.29) is 31.1 Å². The number of fused-ring (bicyclic) bond motifs is 1. The summed E-state index contributed by atoms with van der Waals surface area (Å²) < 4.78 is 54.9. The van der Waals surface area contributed by atoms with Crippen molar-refractivity contribution in [1.82, 2.24) is 19.6 Å². The number of aromatic nitrogens is 2. The van der Waals surface area contributed by atoms with E-state index in [9.17, 15) is 22.4 Å². The molecule has 1 amide bonds. The van der Waals surface area contributed by atoms with E-state index in [1.54, 1.807) is 21.7 Å². The molecule has 1 aliphatic rings.